The number of carbonyl (C=O) groups is 2. The van der Waals surface area contributed by atoms with E-state index in [9.17, 15) is 9.59 Å². The van der Waals surface area contributed by atoms with Crippen LogP contribution in [0.3, 0.4) is 0 Å². The molecule has 5 nitrogen and oxygen atoms in total. The zero-order valence-corrected chi connectivity index (χ0v) is 12.9. The van der Waals surface area contributed by atoms with Crippen molar-refractivity contribution in [2.75, 3.05) is 20.2 Å². The van der Waals surface area contributed by atoms with Crippen molar-refractivity contribution >= 4 is 11.9 Å². The van der Waals surface area contributed by atoms with Gasteiger partial charge in [0.25, 0.3) is 0 Å². The Hall–Kier alpha value is -1.10. The van der Waals surface area contributed by atoms with Crippen LogP contribution >= 0.6 is 0 Å². The average molecular weight is 272 g/mol. The van der Waals surface area contributed by atoms with Crippen LogP contribution in [-0.4, -0.2) is 49.1 Å². The number of ether oxygens (including phenoxy) is 1. The Morgan fingerprint density at radius 2 is 1.79 bits per heavy atom. The number of esters is 1. The number of nitrogens with one attached hydrogen (secondary N) is 1. The molecule has 1 amide bonds. The second kappa shape index (κ2) is 9.78. The van der Waals surface area contributed by atoms with Crippen molar-refractivity contribution in [3.05, 3.63) is 0 Å². The Morgan fingerprint density at radius 1 is 1.21 bits per heavy atom. The SMILES string of the molecule is CCCCC(NC(C)C(=O)N(CC)CC)C(=O)OC. The summed E-state index contributed by atoms with van der Waals surface area (Å²) in [6, 6.07) is -0.777. The minimum Gasteiger partial charge on any atom is -0.468 e. The molecule has 0 aliphatic heterocycles. The van der Waals surface area contributed by atoms with Crippen LogP contribution in [0.25, 0.3) is 0 Å². The summed E-state index contributed by atoms with van der Waals surface area (Å²) in [5.74, 6) is -0.275. The number of methoxy groups -OCH3 is 1. The van der Waals surface area contributed by atoms with E-state index < -0.39 is 6.04 Å². The first kappa shape index (κ1) is 17.9. The van der Waals surface area contributed by atoms with Crippen LogP contribution in [0, 0.1) is 0 Å². The van der Waals surface area contributed by atoms with E-state index in [0.717, 1.165) is 12.8 Å². The van der Waals surface area contributed by atoms with Crippen molar-refractivity contribution in [3.8, 4) is 0 Å². The van der Waals surface area contributed by atoms with Gasteiger partial charge in [-0.1, -0.05) is 19.8 Å². The molecule has 0 bridgehead atoms. The fourth-order valence-electron chi connectivity index (χ4n) is 2.00. The standard InChI is InChI=1S/C14H28N2O3/c1-6-9-10-12(14(18)19-5)15-11(4)13(17)16(7-2)8-3/h11-12,15H,6-10H2,1-5H3. The molecule has 2 atom stereocenters. The summed E-state index contributed by atoms with van der Waals surface area (Å²) in [5.41, 5.74) is 0. The lowest BCUT2D eigenvalue weighted by molar-refractivity contribution is -0.144. The van der Waals surface area contributed by atoms with Gasteiger partial charge in [-0.25, -0.2) is 0 Å². The Morgan fingerprint density at radius 3 is 2.21 bits per heavy atom. The maximum atomic E-state index is 12.1. The smallest absolute Gasteiger partial charge is 0.322 e. The van der Waals surface area contributed by atoms with Crippen LogP contribution in [0.5, 0.6) is 0 Å². The zero-order chi connectivity index (χ0) is 14.8. The minimum absolute atomic E-state index is 0.0235. The first-order valence-electron chi connectivity index (χ1n) is 7.14. The van der Waals surface area contributed by atoms with Crippen LogP contribution in [-0.2, 0) is 14.3 Å². The molecule has 0 aromatic heterocycles. The normalized spacial score (nSPS) is 13.7. The first-order valence-corrected chi connectivity index (χ1v) is 7.14. The number of amides is 1. The van der Waals surface area contributed by atoms with Crippen LogP contribution in [0.2, 0.25) is 0 Å². The molecular formula is C14H28N2O3. The summed E-state index contributed by atoms with van der Waals surface area (Å²) in [5, 5.41) is 3.09. The molecule has 2 unspecified atom stereocenters. The number of nitrogens with zero attached hydrogens (tertiary/aromatic N) is 1. The van der Waals surface area contributed by atoms with Gasteiger partial charge in [0.2, 0.25) is 5.91 Å². The third kappa shape index (κ3) is 6.05. The highest BCUT2D eigenvalue weighted by molar-refractivity contribution is 5.83. The van der Waals surface area contributed by atoms with Crippen LogP contribution < -0.4 is 5.32 Å². The van der Waals surface area contributed by atoms with Crippen LogP contribution in [0.1, 0.15) is 47.0 Å². The summed E-state index contributed by atoms with van der Waals surface area (Å²) < 4.78 is 4.78. The molecule has 0 saturated carbocycles. The summed E-state index contributed by atoms with van der Waals surface area (Å²) >= 11 is 0. The monoisotopic (exact) mass is 272 g/mol. The van der Waals surface area contributed by atoms with Gasteiger partial charge in [-0.2, -0.15) is 0 Å². The van der Waals surface area contributed by atoms with Crippen molar-refractivity contribution in [3.63, 3.8) is 0 Å². The molecule has 0 spiro atoms. The Kier molecular flexibility index (Phi) is 9.21. The minimum atomic E-state index is -0.403. The molecule has 112 valence electrons. The van der Waals surface area contributed by atoms with Gasteiger partial charge in [0.1, 0.15) is 6.04 Å². The molecule has 0 heterocycles. The van der Waals surface area contributed by atoms with E-state index in [2.05, 4.69) is 12.2 Å². The molecule has 5 heteroatoms. The van der Waals surface area contributed by atoms with Gasteiger partial charge < -0.3 is 9.64 Å². The molecule has 0 aliphatic carbocycles. The maximum Gasteiger partial charge on any atom is 0.322 e. The molecule has 0 aromatic carbocycles. The molecule has 0 saturated heterocycles. The third-order valence-corrected chi connectivity index (χ3v) is 3.23. The highest BCUT2D eigenvalue weighted by Crippen LogP contribution is 2.05. The van der Waals surface area contributed by atoms with E-state index in [4.69, 9.17) is 4.74 Å². The van der Waals surface area contributed by atoms with Crippen molar-refractivity contribution in [2.45, 2.75) is 59.0 Å². The van der Waals surface area contributed by atoms with Crippen molar-refractivity contribution in [2.24, 2.45) is 0 Å². The number of hydrogen-bond donors (Lipinski definition) is 1. The van der Waals surface area contributed by atoms with Gasteiger partial charge in [0, 0.05) is 13.1 Å². The summed E-state index contributed by atoms with van der Waals surface area (Å²) in [4.78, 5) is 25.6. The van der Waals surface area contributed by atoms with E-state index in [1.54, 1.807) is 11.8 Å². The summed E-state index contributed by atoms with van der Waals surface area (Å²) in [6.07, 6.45) is 2.63. The molecule has 0 fully saturated rings. The summed E-state index contributed by atoms with van der Waals surface area (Å²) in [6.45, 7) is 9.12. The molecule has 0 rings (SSSR count). The summed E-state index contributed by atoms with van der Waals surface area (Å²) in [7, 11) is 1.37. The van der Waals surface area contributed by atoms with Crippen LogP contribution in [0.15, 0.2) is 0 Å². The molecule has 19 heavy (non-hydrogen) atoms. The number of hydrogen-bond acceptors (Lipinski definition) is 4. The maximum absolute atomic E-state index is 12.1. The van der Waals surface area contributed by atoms with Gasteiger partial charge in [0.05, 0.1) is 13.2 Å². The van der Waals surface area contributed by atoms with Crippen LogP contribution in [0.4, 0.5) is 0 Å². The van der Waals surface area contributed by atoms with Gasteiger partial charge in [0.15, 0.2) is 0 Å². The van der Waals surface area contributed by atoms with Gasteiger partial charge in [-0.15, -0.1) is 0 Å². The Labute approximate surface area is 116 Å². The highest BCUT2D eigenvalue weighted by atomic mass is 16.5. The van der Waals surface area contributed by atoms with E-state index in [1.807, 2.05) is 13.8 Å². The van der Waals surface area contributed by atoms with Crippen molar-refractivity contribution in [1.82, 2.24) is 10.2 Å². The first-order chi connectivity index (χ1) is 9.01. The molecule has 0 aliphatic rings. The lowest BCUT2D eigenvalue weighted by Crippen LogP contribution is -2.50. The molecule has 1 N–H and O–H groups in total. The molecular weight excluding hydrogens is 244 g/mol. The van der Waals surface area contributed by atoms with E-state index in [-0.39, 0.29) is 17.9 Å². The van der Waals surface area contributed by atoms with Gasteiger partial charge >= 0.3 is 5.97 Å². The fourth-order valence-corrected chi connectivity index (χ4v) is 2.00. The van der Waals surface area contributed by atoms with E-state index in [1.165, 1.54) is 7.11 Å². The number of rotatable bonds is 9. The number of unbranched alkanes of at least 4 members (excludes halogenated alkanes) is 1. The second-order valence-corrected chi connectivity index (χ2v) is 4.62. The number of carbonyl (C=O) groups excluding carboxylic acids is 2. The number of likely N-dealkylation sites (N-methyl/N-ethyl adjacent to an activating group) is 1. The highest BCUT2D eigenvalue weighted by Gasteiger charge is 2.25. The lowest BCUT2D eigenvalue weighted by Gasteiger charge is -2.26. The largest absolute Gasteiger partial charge is 0.468 e. The Balaban J connectivity index is 4.55. The lowest BCUT2D eigenvalue weighted by atomic mass is 10.1. The van der Waals surface area contributed by atoms with Crippen molar-refractivity contribution in [1.29, 1.82) is 0 Å². The van der Waals surface area contributed by atoms with Gasteiger partial charge in [-0.3, -0.25) is 14.9 Å². The van der Waals surface area contributed by atoms with Crippen molar-refractivity contribution < 1.29 is 14.3 Å². The molecule has 0 radical (unpaired) electrons. The molecule has 0 aromatic rings. The predicted octanol–water partition coefficient (Wildman–Crippen LogP) is 1.56. The predicted molar refractivity (Wildman–Crippen MR) is 75.9 cm³/mol. The topological polar surface area (TPSA) is 58.6 Å². The zero-order valence-electron chi connectivity index (χ0n) is 12.9. The van der Waals surface area contributed by atoms with E-state index in [0.29, 0.717) is 19.5 Å². The second-order valence-electron chi connectivity index (χ2n) is 4.62. The third-order valence-electron chi connectivity index (χ3n) is 3.23. The quantitative estimate of drug-likeness (QED) is 0.647. The average Bonchev–Trinajstić information content (AvgIpc) is 2.43. The Bertz CT molecular complexity index is 278. The van der Waals surface area contributed by atoms with Gasteiger partial charge in [-0.05, 0) is 27.2 Å². The van der Waals surface area contributed by atoms with E-state index >= 15 is 0 Å². The fraction of sp³-hybridized carbons (Fsp3) is 0.857.